The number of halogens is 2. The fraction of sp³-hybridized carbons (Fsp3) is 0.250. The van der Waals surface area contributed by atoms with E-state index in [1.807, 2.05) is 6.92 Å². The maximum absolute atomic E-state index is 13.2. The molecule has 0 saturated carbocycles. The summed E-state index contributed by atoms with van der Waals surface area (Å²) in [6.07, 6.45) is 0.428. The van der Waals surface area contributed by atoms with Gasteiger partial charge in [-0.25, -0.2) is 8.78 Å². The molecule has 0 aromatic heterocycles. The van der Waals surface area contributed by atoms with E-state index in [1.165, 1.54) is 24.3 Å². The molecule has 0 amide bonds. The second-order valence-corrected chi connectivity index (χ2v) is 5.16. The Labute approximate surface area is 117 Å². The minimum atomic E-state index is -0.693. The van der Waals surface area contributed by atoms with E-state index in [1.54, 1.807) is 24.3 Å². The van der Waals surface area contributed by atoms with Gasteiger partial charge in [0.25, 0.3) is 0 Å². The zero-order chi connectivity index (χ0) is 14.6. The third-order valence-electron chi connectivity index (χ3n) is 3.10. The third-order valence-corrected chi connectivity index (χ3v) is 3.10. The Morgan fingerprint density at radius 2 is 1.70 bits per heavy atom. The molecular formula is C16H17F2NO. The SMILES string of the molecule is CC(CO)(Cc1cccc(F)c1)Nc1cccc(F)c1. The largest absolute Gasteiger partial charge is 0.394 e. The van der Waals surface area contributed by atoms with Crippen LogP contribution < -0.4 is 5.32 Å². The maximum Gasteiger partial charge on any atom is 0.125 e. The lowest BCUT2D eigenvalue weighted by molar-refractivity contribution is 0.222. The standard InChI is InChI=1S/C16H17F2NO/c1-16(11-20,10-12-4-2-5-13(17)8-12)19-15-7-3-6-14(18)9-15/h2-9,19-20H,10-11H2,1H3. The molecule has 2 rings (SSSR count). The maximum atomic E-state index is 13.2. The van der Waals surface area contributed by atoms with Gasteiger partial charge in [0.15, 0.2) is 0 Å². The first-order chi connectivity index (χ1) is 9.50. The van der Waals surface area contributed by atoms with Crippen LogP contribution in [-0.4, -0.2) is 17.3 Å². The van der Waals surface area contributed by atoms with E-state index < -0.39 is 5.54 Å². The van der Waals surface area contributed by atoms with Crippen molar-refractivity contribution in [1.82, 2.24) is 0 Å². The fourth-order valence-corrected chi connectivity index (χ4v) is 2.15. The number of nitrogens with one attached hydrogen (secondary N) is 1. The topological polar surface area (TPSA) is 32.3 Å². The lowest BCUT2D eigenvalue weighted by Gasteiger charge is -2.30. The van der Waals surface area contributed by atoms with Crippen LogP contribution in [-0.2, 0) is 6.42 Å². The summed E-state index contributed by atoms with van der Waals surface area (Å²) in [5.74, 6) is -0.658. The summed E-state index contributed by atoms with van der Waals surface area (Å²) in [5.41, 5.74) is 0.658. The van der Waals surface area contributed by atoms with Gasteiger partial charge in [-0.2, -0.15) is 0 Å². The summed E-state index contributed by atoms with van der Waals surface area (Å²) in [5, 5.41) is 12.7. The van der Waals surface area contributed by atoms with E-state index in [0.717, 1.165) is 5.56 Å². The second-order valence-electron chi connectivity index (χ2n) is 5.16. The van der Waals surface area contributed by atoms with Crippen molar-refractivity contribution in [2.75, 3.05) is 11.9 Å². The molecule has 0 fully saturated rings. The lowest BCUT2D eigenvalue weighted by Crippen LogP contribution is -2.41. The number of aliphatic hydroxyl groups excluding tert-OH is 1. The first-order valence-electron chi connectivity index (χ1n) is 6.40. The number of benzene rings is 2. The van der Waals surface area contributed by atoms with E-state index in [9.17, 15) is 13.9 Å². The van der Waals surface area contributed by atoms with Crippen molar-refractivity contribution in [2.45, 2.75) is 18.9 Å². The van der Waals surface area contributed by atoms with Crippen molar-refractivity contribution in [1.29, 1.82) is 0 Å². The van der Waals surface area contributed by atoms with Gasteiger partial charge in [0, 0.05) is 5.69 Å². The predicted molar refractivity (Wildman–Crippen MR) is 75.6 cm³/mol. The van der Waals surface area contributed by atoms with E-state index in [-0.39, 0.29) is 18.2 Å². The fourth-order valence-electron chi connectivity index (χ4n) is 2.15. The molecule has 0 saturated heterocycles. The molecular weight excluding hydrogens is 260 g/mol. The molecule has 0 heterocycles. The van der Waals surface area contributed by atoms with Crippen LogP contribution >= 0.6 is 0 Å². The van der Waals surface area contributed by atoms with Crippen LogP contribution in [0.3, 0.4) is 0 Å². The van der Waals surface area contributed by atoms with Gasteiger partial charge in [0.05, 0.1) is 12.1 Å². The highest BCUT2D eigenvalue weighted by atomic mass is 19.1. The summed E-state index contributed by atoms with van der Waals surface area (Å²) in [7, 11) is 0. The van der Waals surface area contributed by atoms with Crippen LogP contribution in [0.25, 0.3) is 0 Å². The second kappa shape index (κ2) is 6.01. The first kappa shape index (κ1) is 14.5. The average Bonchev–Trinajstić information content (AvgIpc) is 2.38. The van der Waals surface area contributed by atoms with Gasteiger partial charge >= 0.3 is 0 Å². The normalized spacial score (nSPS) is 13.8. The number of hydrogen-bond acceptors (Lipinski definition) is 2. The molecule has 0 aliphatic heterocycles. The molecule has 1 atom stereocenters. The molecule has 106 valence electrons. The molecule has 0 radical (unpaired) electrons. The van der Waals surface area contributed by atoms with Crippen LogP contribution in [0.15, 0.2) is 48.5 Å². The summed E-state index contributed by atoms with van der Waals surface area (Å²) in [4.78, 5) is 0. The van der Waals surface area contributed by atoms with Gasteiger partial charge in [-0.05, 0) is 49.2 Å². The summed E-state index contributed by atoms with van der Waals surface area (Å²) in [6, 6.07) is 12.3. The van der Waals surface area contributed by atoms with Crippen molar-refractivity contribution in [3.63, 3.8) is 0 Å². The van der Waals surface area contributed by atoms with E-state index in [0.29, 0.717) is 12.1 Å². The number of aliphatic hydroxyl groups is 1. The van der Waals surface area contributed by atoms with E-state index in [2.05, 4.69) is 5.32 Å². The molecule has 20 heavy (non-hydrogen) atoms. The molecule has 0 bridgehead atoms. The van der Waals surface area contributed by atoms with Gasteiger partial charge in [-0.15, -0.1) is 0 Å². The molecule has 0 aliphatic carbocycles. The Balaban J connectivity index is 2.16. The molecule has 2 aromatic carbocycles. The minimum Gasteiger partial charge on any atom is -0.394 e. The van der Waals surface area contributed by atoms with Crippen LogP contribution in [0.1, 0.15) is 12.5 Å². The molecule has 2 aromatic rings. The van der Waals surface area contributed by atoms with Crippen molar-refractivity contribution >= 4 is 5.69 Å². The van der Waals surface area contributed by atoms with Gasteiger partial charge in [-0.1, -0.05) is 18.2 Å². The Morgan fingerprint density at radius 3 is 2.30 bits per heavy atom. The molecule has 0 spiro atoms. The molecule has 2 nitrogen and oxygen atoms in total. The Bertz CT molecular complexity index is 539. The zero-order valence-electron chi connectivity index (χ0n) is 11.2. The summed E-state index contributed by atoms with van der Waals surface area (Å²) < 4.78 is 26.4. The van der Waals surface area contributed by atoms with E-state index in [4.69, 9.17) is 0 Å². The number of rotatable bonds is 5. The quantitative estimate of drug-likeness (QED) is 0.878. The Hall–Kier alpha value is -1.94. The van der Waals surface area contributed by atoms with Crippen molar-refractivity contribution in [2.24, 2.45) is 0 Å². The molecule has 0 aliphatic rings. The van der Waals surface area contributed by atoms with Gasteiger partial charge in [0.1, 0.15) is 11.6 Å². The van der Waals surface area contributed by atoms with Crippen LogP contribution in [0.4, 0.5) is 14.5 Å². The third kappa shape index (κ3) is 3.78. The number of hydrogen-bond donors (Lipinski definition) is 2. The van der Waals surface area contributed by atoms with Crippen LogP contribution in [0.5, 0.6) is 0 Å². The average molecular weight is 277 g/mol. The van der Waals surface area contributed by atoms with Crippen molar-refractivity contribution in [3.8, 4) is 0 Å². The Morgan fingerprint density at radius 1 is 1.05 bits per heavy atom. The monoisotopic (exact) mass is 277 g/mol. The minimum absolute atomic E-state index is 0.153. The number of anilines is 1. The molecule has 1 unspecified atom stereocenters. The van der Waals surface area contributed by atoms with Crippen LogP contribution in [0.2, 0.25) is 0 Å². The first-order valence-corrected chi connectivity index (χ1v) is 6.40. The Kier molecular flexibility index (Phi) is 4.35. The van der Waals surface area contributed by atoms with Gasteiger partial charge in [-0.3, -0.25) is 0 Å². The van der Waals surface area contributed by atoms with Crippen molar-refractivity contribution < 1.29 is 13.9 Å². The van der Waals surface area contributed by atoms with Gasteiger partial charge < -0.3 is 10.4 Å². The highest BCUT2D eigenvalue weighted by molar-refractivity contribution is 5.46. The van der Waals surface area contributed by atoms with Crippen molar-refractivity contribution in [3.05, 3.63) is 65.7 Å². The molecule has 2 N–H and O–H groups in total. The molecule has 4 heteroatoms. The summed E-state index contributed by atoms with van der Waals surface area (Å²) in [6.45, 7) is 1.66. The summed E-state index contributed by atoms with van der Waals surface area (Å²) >= 11 is 0. The smallest absolute Gasteiger partial charge is 0.125 e. The van der Waals surface area contributed by atoms with E-state index >= 15 is 0 Å². The van der Waals surface area contributed by atoms with Gasteiger partial charge in [0.2, 0.25) is 0 Å². The zero-order valence-corrected chi connectivity index (χ0v) is 11.2. The highest BCUT2D eigenvalue weighted by Gasteiger charge is 2.24. The van der Waals surface area contributed by atoms with Crippen LogP contribution in [0, 0.1) is 11.6 Å². The highest BCUT2D eigenvalue weighted by Crippen LogP contribution is 2.20. The predicted octanol–water partition coefficient (Wildman–Crippen LogP) is 3.37. The lowest BCUT2D eigenvalue weighted by atomic mass is 9.93.